The average molecular weight is 420 g/mol. The fourth-order valence-corrected chi connectivity index (χ4v) is 1.33. The highest BCUT2D eigenvalue weighted by atomic mass is 16.4. The number of hydrogen-bond donors (Lipinski definition) is 12. The highest BCUT2D eigenvalue weighted by Crippen LogP contribution is 2.06. The van der Waals surface area contributed by atoms with Crippen LogP contribution in [0.1, 0.15) is 0 Å². The summed E-state index contributed by atoms with van der Waals surface area (Å²) in [5, 5.41) is 103. The van der Waals surface area contributed by atoms with Crippen LogP contribution in [0.25, 0.3) is 0 Å². The van der Waals surface area contributed by atoms with E-state index in [-0.39, 0.29) is 0 Å². The van der Waals surface area contributed by atoms with Crippen molar-refractivity contribution in [1.82, 2.24) is 0 Å². The van der Waals surface area contributed by atoms with E-state index in [4.69, 9.17) is 61.3 Å². The largest absolute Gasteiger partial charge is 0.479 e. The molecule has 0 spiro atoms. The summed E-state index contributed by atoms with van der Waals surface area (Å²) in [5.74, 6) is -7.36. The Kier molecular flexibility index (Phi) is 12.0. The number of hydrogen-bond acceptors (Lipinski definition) is 12. The molecule has 0 aliphatic heterocycles. The normalized spacial score (nSPS) is 19.4. The van der Waals surface area contributed by atoms with Gasteiger partial charge < -0.3 is 61.3 Å². The van der Waals surface area contributed by atoms with Crippen molar-refractivity contribution >= 4 is 23.9 Å². The van der Waals surface area contributed by atoms with E-state index in [1.54, 1.807) is 0 Å². The molecule has 0 aromatic carbocycles. The maximum Gasteiger partial charge on any atom is 0.335 e. The first-order chi connectivity index (χ1) is 12.6. The van der Waals surface area contributed by atoms with Crippen molar-refractivity contribution < 1.29 is 80.5 Å². The lowest BCUT2D eigenvalue weighted by molar-refractivity contribution is -0.172. The molecule has 0 saturated carbocycles. The number of aliphatic carboxylic acids is 4. The van der Waals surface area contributed by atoms with E-state index in [2.05, 4.69) is 0 Å². The van der Waals surface area contributed by atoms with Crippen LogP contribution >= 0.6 is 0 Å². The predicted molar refractivity (Wildman–Crippen MR) is 78.6 cm³/mol. The number of aliphatic hydroxyl groups is 8. The molecular formula is C12H20O16. The van der Waals surface area contributed by atoms with Crippen LogP contribution in [0.3, 0.4) is 0 Å². The van der Waals surface area contributed by atoms with Gasteiger partial charge >= 0.3 is 23.9 Å². The molecule has 0 amide bonds. The van der Waals surface area contributed by atoms with Gasteiger partial charge in [0.15, 0.2) is 24.4 Å². The molecule has 0 aliphatic carbocycles. The zero-order chi connectivity index (χ0) is 22.9. The lowest BCUT2D eigenvalue weighted by Gasteiger charge is -2.21. The van der Waals surface area contributed by atoms with Crippen molar-refractivity contribution in [3.8, 4) is 0 Å². The highest BCUT2D eigenvalue weighted by Gasteiger charge is 2.38. The van der Waals surface area contributed by atoms with E-state index >= 15 is 0 Å². The second-order valence-corrected chi connectivity index (χ2v) is 5.09. The third-order valence-electron chi connectivity index (χ3n) is 3.01. The summed E-state index contributed by atoms with van der Waals surface area (Å²) in [4.78, 5) is 40.3. The van der Waals surface area contributed by atoms with Crippen LogP contribution in [0.4, 0.5) is 0 Å². The van der Waals surface area contributed by atoms with Crippen molar-refractivity contribution in [3.63, 3.8) is 0 Å². The number of carboxylic acid groups (broad SMARTS) is 4. The summed E-state index contributed by atoms with van der Waals surface area (Å²) in [6.07, 6.45) is -18.6. The summed E-state index contributed by atoms with van der Waals surface area (Å²) in [7, 11) is 0. The number of rotatable bonds is 10. The summed E-state index contributed by atoms with van der Waals surface area (Å²) < 4.78 is 0. The highest BCUT2D eigenvalue weighted by molar-refractivity contribution is 5.75. The Balaban J connectivity index is 0. The molecule has 164 valence electrons. The maximum absolute atomic E-state index is 10.1. The van der Waals surface area contributed by atoms with Crippen molar-refractivity contribution in [2.75, 3.05) is 0 Å². The Morgan fingerprint density at radius 1 is 0.357 bits per heavy atom. The fourth-order valence-electron chi connectivity index (χ4n) is 1.33. The van der Waals surface area contributed by atoms with Gasteiger partial charge in [-0.15, -0.1) is 0 Å². The second-order valence-electron chi connectivity index (χ2n) is 5.09. The summed E-state index contributed by atoms with van der Waals surface area (Å²) in [5.41, 5.74) is 0. The molecule has 0 aliphatic rings. The molecule has 0 fully saturated rings. The third-order valence-corrected chi connectivity index (χ3v) is 3.01. The molecule has 0 unspecified atom stereocenters. The van der Waals surface area contributed by atoms with Crippen molar-refractivity contribution in [2.24, 2.45) is 0 Å². The lowest BCUT2D eigenvalue weighted by Crippen LogP contribution is -2.49. The van der Waals surface area contributed by atoms with Crippen molar-refractivity contribution in [1.29, 1.82) is 0 Å². The van der Waals surface area contributed by atoms with Gasteiger partial charge in [-0.2, -0.15) is 0 Å². The minimum Gasteiger partial charge on any atom is -0.479 e. The maximum atomic E-state index is 10.1. The van der Waals surface area contributed by atoms with Crippen LogP contribution in [0.2, 0.25) is 0 Å². The molecule has 0 saturated heterocycles. The molecular weight excluding hydrogens is 400 g/mol. The van der Waals surface area contributed by atoms with Gasteiger partial charge in [-0.1, -0.05) is 0 Å². The minimum absolute atomic E-state index is 1.84. The Labute approximate surface area is 154 Å². The predicted octanol–water partition coefficient (Wildman–Crippen LogP) is -6.80. The van der Waals surface area contributed by atoms with Gasteiger partial charge in [-0.3, -0.25) is 0 Å². The molecule has 16 nitrogen and oxygen atoms in total. The van der Waals surface area contributed by atoms with Crippen molar-refractivity contribution in [3.05, 3.63) is 0 Å². The molecule has 0 aromatic rings. The fraction of sp³-hybridized carbons (Fsp3) is 0.667. The van der Waals surface area contributed by atoms with Gasteiger partial charge in [0, 0.05) is 0 Å². The van der Waals surface area contributed by atoms with E-state index < -0.39 is 72.7 Å². The molecule has 8 atom stereocenters. The van der Waals surface area contributed by atoms with Gasteiger partial charge in [-0.25, -0.2) is 19.2 Å². The van der Waals surface area contributed by atoms with Gasteiger partial charge in [-0.05, 0) is 0 Å². The molecule has 0 heterocycles. The number of carbonyl (C=O) groups is 4. The Morgan fingerprint density at radius 2 is 0.464 bits per heavy atom. The monoisotopic (exact) mass is 420 g/mol. The zero-order valence-corrected chi connectivity index (χ0v) is 13.6. The van der Waals surface area contributed by atoms with E-state index in [0.717, 1.165) is 0 Å². The molecule has 0 rings (SSSR count). The third kappa shape index (κ3) is 8.50. The standard InChI is InChI=1S/2C6H10O8/c2*7-1(3(9)5(11)12)2(8)4(10)6(13)14/h2*1-4,7-10H,(H,11,12)(H,13,14)/t2*1-,2+,3+,4-. The van der Waals surface area contributed by atoms with Gasteiger partial charge in [0.05, 0.1) is 0 Å². The van der Waals surface area contributed by atoms with Crippen LogP contribution < -0.4 is 0 Å². The van der Waals surface area contributed by atoms with Crippen LogP contribution in [-0.2, 0) is 19.2 Å². The van der Waals surface area contributed by atoms with Crippen molar-refractivity contribution in [2.45, 2.75) is 48.8 Å². The molecule has 0 aromatic heterocycles. The Hall–Kier alpha value is -2.44. The van der Waals surface area contributed by atoms with Gasteiger partial charge in [0.2, 0.25) is 0 Å². The Bertz CT molecular complexity index is 452. The Morgan fingerprint density at radius 3 is 0.536 bits per heavy atom. The average Bonchev–Trinajstić information content (AvgIpc) is 2.62. The molecule has 28 heavy (non-hydrogen) atoms. The second kappa shape index (κ2) is 12.1. The number of aliphatic hydroxyl groups excluding tert-OH is 8. The summed E-state index contributed by atoms with van der Waals surface area (Å²) >= 11 is 0. The first kappa shape index (κ1) is 27.8. The SMILES string of the molecule is O=C(O)[C@@H](O)[C@H](O)[C@H](O)[C@@H](O)C(=O)O.O=C(O)[C@@H](O)[C@H](O)[C@H](O)[C@@H](O)C(=O)O. The van der Waals surface area contributed by atoms with E-state index in [1.807, 2.05) is 0 Å². The van der Waals surface area contributed by atoms with E-state index in [0.29, 0.717) is 0 Å². The quantitative estimate of drug-likeness (QED) is 0.156. The van der Waals surface area contributed by atoms with Gasteiger partial charge in [0.25, 0.3) is 0 Å². The number of carboxylic acids is 4. The van der Waals surface area contributed by atoms with Crippen LogP contribution in [-0.4, -0.2) is 134 Å². The first-order valence-electron chi connectivity index (χ1n) is 6.93. The van der Waals surface area contributed by atoms with E-state index in [9.17, 15) is 19.2 Å². The molecule has 0 radical (unpaired) electrons. The molecule has 12 N–H and O–H groups in total. The van der Waals surface area contributed by atoms with Gasteiger partial charge in [0.1, 0.15) is 24.4 Å². The van der Waals surface area contributed by atoms with Crippen LogP contribution in [0.5, 0.6) is 0 Å². The molecule has 16 heteroatoms. The first-order valence-corrected chi connectivity index (χ1v) is 6.93. The smallest absolute Gasteiger partial charge is 0.335 e. The van der Waals surface area contributed by atoms with Crippen LogP contribution in [0.15, 0.2) is 0 Å². The topological polar surface area (TPSA) is 311 Å². The zero-order valence-electron chi connectivity index (χ0n) is 13.6. The molecule has 0 bridgehead atoms. The summed E-state index contributed by atoms with van der Waals surface area (Å²) in [6.45, 7) is 0. The lowest BCUT2D eigenvalue weighted by atomic mass is 10.0. The van der Waals surface area contributed by atoms with Crippen LogP contribution in [0, 0.1) is 0 Å². The minimum atomic E-state index is -2.36. The van der Waals surface area contributed by atoms with E-state index in [1.165, 1.54) is 0 Å². The summed E-state index contributed by atoms with van der Waals surface area (Å²) in [6, 6.07) is 0.